The molecule has 1 aliphatic heterocycles. The molecule has 2 amide bonds. The number of hydrogen-bond donors (Lipinski definition) is 2. The van der Waals surface area contributed by atoms with Crippen LogP contribution in [0.25, 0.3) is 0 Å². The molecule has 2 N–H and O–H groups in total. The van der Waals surface area contributed by atoms with Crippen LogP contribution in [0.3, 0.4) is 0 Å². The average Bonchev–Trinajstić information content (AvgIpc) is 2.73. The minimum absolute atomic E-state index is 0.116. The van der Waals surface area contributed by atoms with Crippen molar-refractivity contribution in [3.63, 3.8) is 0 Å². The molecule has 172 valence electrons. The van der Waals surface area contributed by atoms with Gasteiger partial charge in [-0.25, -0.2) is 4.79 Å². The Morgan fingerprint density at radius 3 is 2.19 bits per heavy atom. The summed E-state index contributed by atoms with van der Waals surface area (Å²) in [5.74, 6) is 1.12. The third kappa shape index (κ3) is 7.23. The molecule has 31 heavy (non-hydrogen) atoms. The van der Waals surface area contributed by atoms with Crippen LogP contribution in [-0.4, -0.2) is 36.9 Å². The highest BCUT2D eigenvalue weighted by Gasteiger charge is 2.33. The van der Waals surface area contributed by atoms with Gasteiger partial charge in [0.25, 0.3) is 0 Å². The molecule has 1 aliphatic carbocycles. The van der Waals surface area contributed by atoms with Crippen LogP contribution >= 0.6 is 0 Å². The Bertz CT molecular complexity index is 727. The highest BCUT2D eigenvalue weighted by molar-refractivity contribution is 5.96. The van der Waals surface area contributed by atoms with Crippen molar-refractivity contribution in [2.45, 2.75) is 83.8 Å². The Morgan fingerprint density at radius 2 is 1.61 bits per heavy atom. The van der Waals surface area contributed by atoms with Gasteiger partial charge < -0.3 is 20.1 Å². The van der Waals surface area contributed by atoms with Gasteiger partial charge in [0.2, 0.25) is 5.91 Å². The van der Waals surface area contributed by atoms with Crippen LogP contribution in [-0.2, 0) is 14.3 Å². The maximum absolute atomic E-state index is 13.2. The molecule has 1 saturated heterocycles. The molecule has 0 spiro atoms. The smallest absolute Gasteiger partial charge is 0.408 e. The van der Waals surface area contributed by atoms with E-state index in [1.165, 1.54) is 5.56 Å². The number of nitrogens with one attached hydrogen (secondary N) is 2. The van der Waals surface area contributed by atoms with E-state index < -0.39 is 17.7 Å². The van der Waals surface area contributed by atoms with Gasteiger partial charge in [0.15, 0.2) is 0 Å². The molecule has 2 fully saturated rings. The van der Waals surface area contributed by atoms with Gasteiger partial charge in [-0.05, 0) is 81.9 Å². The van der Waals surface area contributed by atoms with Crippen molar-refractivity contribution in [3.8, 4) is 0 Å². The molecular weight excluding hydrogens is 392 g/mol. The van der Waals surface area contributed by atoms with Crippen LogP contribution in [0, 0.1) is 11.8 Å². The number of alkyl carbamates (subject to hydrolysis) is 1. The number of amides is 2. The lowest BCUT2D eigenvalue weighted by molar-refractivity contribution is -0.119. The Labute approximate surface area is 186 Å². The molecule has 0 radical (unpaired) electrons. The molecule has 2 aliphatic rings. The lowest BCUT2D eigenvalue weighted by Gasteiger charge is -2.33. The van der Waals surface area contributed by atoms with Crippen molar-refractivity contribution in [2.24, 2.45) is 11.8 Å². The number of hydrogen-bond acceptors (Lipinski definition) is 4. The van der Waals surface area contributed by atoms with E-state index in [0.717, 1.165) is 57.4 Å². The molecule has 1 saturated carbocycles. The second kappa shape index (κ2) is 10.5. The summed E-state index contributed by atoms with van der Waals surface area (Å²) in [5, 5.41) is 5.87. The fourth-order valence-electron chi connectivity index (χ4n) is 4.54. The molecule has 6 heteroatoms. The highest BCUT2D eigenvalue weighted by Crippen LogP contribution is 2.32. The largest absolute Gasteiger partial charge is 0.444 e. The molecule has 1 aromatic carbocycles. The van der Waals surface area contributed by atoms with E-state index in [1.807, 2.05) is 32.9 Å². The topological polar surface area (TPSA) is 76.7 Å². The van der Waals surface area contributed by atoms with Crippen molar-refractivity contribution in [2.75, 3.05) is 18.5 Å². The monoisotopic (exact) mass is 430 g/mol. The summed E-state index contributed by atoms with van der Waals surface area (Å²) in [6.45, 7) is 9.33. The highest BCUT2D eigenvalue weighted by atomic mass is 16.6. The maximum atomic E-state index is 13.2. The van der Waals surface area contributed by atoms with Gasteiger partial charge in [-0.2, -0.15) is 0 Å². The van der Waals surface area contributed by atoms with Gasteiger partial charge in [0.1, 0.15) is 11.6 Å². The quantitative estimate of drug-likeness (QED) is 0.670. The summed E-state index contributed by atoms with van der Waals surface area (Å²) in [4.78, 5) is 25.6. The first-order chi connectivity index (χ1) is 14.7. The van der Waals surface area contributed by atoms with Crippen LogP contribution in [0.5, 0.6) is 0 Å². The van der Waals surface area contributed by atoms with Gasteiger partial charge in [0.05, 0.1) is 0 Å². The van der Waals surface area contributed by atoms with Gasteiger partial charge in [0, 0.05) is 18.9 Å². The Balaban J connectivity index is 1.66. The second-order valence-corrected chi connectivity index (χ2v) is 10.1. The molecule has 0 aromatic heterocycles. The van der Waals surface area contributed by atoms with Crippen LogP contribution in [0.2, 0.25) is 0 Å². The molecule has 0 unspecified atom stereocenters. The van der Waals surface area contributed by atoms with E-state index in [1.54, 1.807) is 0 Å². The number of carbonyl (C=O) groups is 2. The predicted octanol–water partition coefficient (Wildman–Crippen LogP) is 5.24. The molecule has 1 heterocycles. The van der Waals surface area contributed by atoms with Gasteiger partial charge >= 0.3 is 6.09 Å². The minimum atomic E-state index is -0.605. The predicted molar refractivity (Wildman–Crippen MR) is 122 cm³/mol. The third-order valence-corrected chi connectivity index (χ3v) is 6.36. The van der Waals surface area contributed by atoms with E-state index in [0.29, 0.717) is 11.8 Å². The van der Waals surface area contributed by atoms with Gasteiger partial charge in [-0.3, -0.25) is 4.79 Å². The molecule has 1 aromatic rings. The lowest BCUT2D eigenvalue weighted by atomic mass is 9.79. The molecule has 1 atom stereocenters. The number of benzene rings is 1. The molecule has 0 bridgehead atoms. The Hall–Kier alpha value is -2.08. The Kier molecular flexibility index (Phi) is 7.98. The average molecular weight is 431 g/mol. The van der Waals surface area contributed by atoms with Gasteiger partial charge in [-0.15, -0.1) is 0 Å². The fourth-order valence-corrected chi connectivity index (χ4v) is 4.54. The number of ether oxygens (including phenoxy) is 2. The summed E-state index contributed by atoms with van der Waals surface area (Å²) < 4.78 is 10.9. The van der Waals surface area contributed by atoms with Crippen LogP contribution < -0.4 is 10.6 Å². The summed E-state index contributed by atoms with van der Waals surface area (Å²) in [7, 11) is 0. The maximum Gasteiger partial charge on any atom is 0.408 e. The van der Waals surface area contributed by atoms with Gasteiger partial charge in [-0.1, -0.05) is 31.9 Å². The summed E-state index contributed by atoms with van der Waals surface area (Å²) >= 11 is 0. The van der Waals surface area contributed by atoms with E-state index in [4.69, 9.17) is 9.47 Å². The van der Waals surface area contributed by atoms with Crippen molar-refractivity contribution in [1.82, 2.24) is 5.32 Å². The van der Waals surface area contributed by atoms with E-state index in [-0.39, 0.29) is 11.8 Å². The van der Waals surface area contributed by atoms with Crippen LogP contribution in [0.15, 0.2) is 24.3 Å². The summed E-state index contributed by atoms with van der Waals surface area (Å²) in [5.41, 5.74) is 1.43. The van der Waals surface area contributed by atoms with E-state index in [9.17, 15) is 9.59 Å². The van der Waals surface area contributed by atoms with Crippen molar-refractivity contribution < 1.29 is 19.1 Å². The summed E-state index contributed by atoms with van der Waals surface area (Å²) in [6, 6.07) is 7.48. The van der Waals surface area contributed by atoms with E-state index in [2.05, 4.69) is 29.7 Å². The van der Waals surface area contributed by atoms with Crippen LogP contribution in [0.4, 0.5) is 10.5 Å². The van der Waals surface area contributed by atoms with Crippen molar-refractivity contribution in [3.05, 3.63) is 29.8 Å². The first-order valence-corrected chi connectivity index (χ1v) is 11.7. The van der Waals surface area contributed by atoms with Crippen LogP contribution in [0.1, 0.15) is 77.7 Å². The van der Waals surface area contributed by atoms with Crippen molar-refractivity contribution in [1.29, 1.82) is 0 Å². The first kappa shape index (κ1) is 23.6. The molecule has 6 nitrogen and oxygen atoms in total. The normalized spacial score (nSPS) is 23.6. The minimum Gasteiger partial charge on any atom is -0.444 e. The fraction of sp³-hybridized carbons (Fsp3) is 0.680. The number of rotatable bonds is 5. The van der Waals surface area contributed by atoms with Crippen molar-refractivity contribution >= 4 is 17.7 Å². The standard InChI is InChI=1S/C25H38N2O4/c1-17-5-7-20(8-6-17)22(27-24(29)31-25(2,3)4)23(28)26-21-11-9-18(10-12-21)19-13-15-30-16-14-19/h9-12,17,19-20,22H,5-8,13-16H2,1-4H3,(H,26,28)(H,27,29)/t17?,20?,22-/m0/s1. The second-order valence-electron chi connectivity index (χ2n) is 10.1. The SMILES string of the molecule is CC1CCC([C@H](NC(=O)OC(C)(C)C)C(=O)Nc2ccc(C3CCOCC3)cc2)CC1. The van der Waals surface area contributed by atoms with E-state index >= 15 is 0 Å². The molecule has 3 rings (SSSR count). The Morgan fingerprint density at radius 1 is 1.00 bits per heavy atom. The zero-order valence-electron chi connectivity index (χ0n) is 19.4. The first-order valence-electron chi connectivity index (χ1n) is 11.7. The zero-order chi connectivity index (χ0) is 22.4. The number of anilines is 1. The zero-order valence-corrected chi connectivity index (χ0v) is 19.4. The number of carbonyl (C=O) groups excluding carboxylic acids is 2. The third-order valence-electron chi connectivity index (χ3n) is 6.36. The lowest BCUT2D eigenvalue weighted by Crippen LogP contribution is -2.50. The molecular formula is C25H38N2O4. The summed E-state index contributed by atoms with van der Waals surface area (Å²) in [6.07, 6.45) is 5.53.